The summed E-state index contributed by atoms with van der Waals surface area (Å²) >= 11 is 3.48. The molecule has 0 heterocycles. The number of benzene rings is 1. The molecule has 2 N–H and O–H groups in total. The van der Waals surface area contributed by atoms with Crippen molar-refractivity contribution >= 4 is 21.9 Å². The van der Waals surface area contributed by atoms with Crippen LogP contribution in [0.1, 0.15) is 25.5 Å². The molecule has 3 nitrogen and oxygen atoms in total. The first-order valence-electron chi connectivity index (χ1n) is 5.23. The maximum absolute atomic E-state index is 10.7. The molecule has 0 aromatic heterocycles. The van der Waals surface area contributed by atoms with Crippen LogP contribution >= 0.6 is 15.9 Å². The Hall–Kier alpha value is -0.870. The van der Waals surface area contributed by atoms with Crippen molar-refractivity contribution in [2.24, 2.45) is 5.92 Å². The van der Waals surface area contributed by atoms with Gasteiger partial charge in [0.05, 0.1) is 5.92 Å². The largest absolute Gasteiger partial charge is 0.481 e. The number of hydrogen-bond acceptors (Lipinski definition) is 2. The second kappa shape index (κ2) is 6.01. The number of rotatable bonds is 5. The van der Waals surface area contributed by atoms with Gasteiger partial charge in [-0.2, -0.15) is 0 Å². The zero-order valence-corrected chi connectivity index (χ0v) is 11.0. The molecule has 1 aromatic carbocycles. The topological polar surface area (TPSA) is 49.3 Å². The minimum Gasteiger partial charge on any atom is -0.481 e. The molecule has 2 atom stereocenters. The van der Waals surface area contributed by atoms with Gasteiger partial charge in [0, 0.05) is 17.1 Å². The van der Waals surface area contributed by atoms with Crippen LogP contribution in [0.15, 0.2) is 28.7 Å². The van der Waals surface area contributed by atoms with Gasteiger partial charge in [-0.1, -0.05) is 41.1 Å². The molecule has 0 aliphatic heterocycles. The van der Waals surface area contributed by atoms with E-state index in [9.17, 15) is 4.79 Å². The predicted octanol–water partition coefficient (Wildman–Crippen LogP) is 2.82. The van der Waals surface area contributed by atoms with E-state index in [-0.39, 0.29) is 12.0 Å². The van der Waals surface area contributed by atoms with Gasteiger partial charge < -0.3 is 10.4 Å². The zero-order valence-electron chi connectivity index (χ0n) is 9.40. The molecular weight excluding hydrogens is 270 g/mol. The molecular formula is C12H16BrNO2. The van der Waals surface area contributed by atoms with Crippen LogP contribution in [-0.2, 0) is 4.79 Å². The average Bonchev–Trinajstić information content (AvgIpc) is 2.25. The molecule has 0 bridgehead atoms. The number of carbonyl (C=O) groups is 1. The molecule has 0 radical (unpaired) electrons. The van der Waals surface area contributed by atoms with E-state index in [0.29, 0.717) is 6.54 Å². The molecule has 88 valence electrons. The predicted molar refractivity (Wildman–Crippen MR) is 67.4 cm³/mol. The molecule has 1 rings (SSSR count). The van der Waals surface area contributed by atoms with Crippen molar-refractivity contribution in [3.05, 3.63) is 34.3 Å². The van der Waals surface area contributed by atoms with Gasteiger partial charge in [0.2, 0.25) is 0 Å². The molecule has 0 aliphatic rings. The summed E-state index contributed by atoms with van der Waals surface area (Å²) in [5.74, 6) is -1.14. The van der Waals surface area contributed by atoms with E-state index in [1.54, 1.807) is 6.92 Å². The molecule has 0 saturated carbocycles. The first kappa shape index (κ1) is 13.2. The lowest BCUT2D eigenvalue weighted by Crippen LogP contribution is -2.28. The van der Waals surface area contributed by atoms with Crippen molar-refractivity contribution in [3.63, 3.8) is 0 Å². The van der Waals surface area contributed by atoms with E-state index in [4.69, 9.17) is 5.11 Å². The molecule has 16 heavy (non-hydrogen) atoms. The number of nitrogens with one attached hydrogen (secondary N) is 1. The van der Waals surface area contributed by atoms with Crippen LogP contribution in [0.3, 0.4) is 0 Å². The Morgan fingerprint density at radius 3 is 2.62 bits per heavy atom. The Morgan fingerprint density at radius 1 is 1.44 bits per heavy atom. The third-order valence-electron chi connectivity index (χ3n) is 2.52. The second-order valence-corrected chi connectivity index (χ2v) is 4.75. The smallest absolute Gasteiger partial charge is 0.307 e. The molecule has 1 unspecified atom stereocenters. The highest BCUT2D eigenvalue weighted by Gasteiger charge is 2.13. The van der Waals surface area contributed by atoms with Crippen molar-refractivity contribution in [2.75, 3.05) is 6.54 Å². The Kier molecular flexibility index (Phi) is 4.96. The maximum Gasteiger partial charge on any atom is 0.307 e. The summed E-state index contributed by atoms with van der Waals surface area (Å²) in [7, 11) is 0. The number of halogens is 1. The standard InChI is InChI=1S/C12H16BrNO2/c1-8(12(15)16)7-14-9(2)10-5-3-4-6-11(10)13/h3-6,8-9,14H,7H2,1-2H3,(H,15,16)/t8?,9-/m0/s1. The van der Waals surface area contributed by atoms with Gasteiger partial charge in [-0.15, -0.1) is 0 Å². The van der Waals surface area contributed by atoms with Crippen LogP contribution in [-0.4, -0.2) is 17.6 Å². The Morgan fingerprint density at radius 2 is 2.06 bits per heavy atom. The SMILES string of the molecule is CC(CN[C@@H](C)c1ccccc1Br)C(=O)O. The molecule has 0 aliphatic carbocycles. The van der Waals surface area contributed by atoms with Gasteiger partial charge >= 0.3 is 5.97 Å². The summed E-state index contributed by atoms with van der Waals surface area (Å²) in [4.78, 5) is 10.7. The lowest BCUT2D eigenvalue weighted by atomic mass is 10.1. The number of aliphatic carboxylic acids is 1. The van der Waals surface area contributed by atoms with Crippen molar-refractivity contribution in [3.8, 4) is 0 Å². The maximum atomic E-state index is 10.7. The van der Waals surface area contributed by atoms with Gasteiger partial charge in [-0.3, -0.25) is 4.79 Å². The normalized spacial score (nSPS) is 14.4. The van der Waals surface area contributed by atoms with Crippen LogP contribution in [0.4, 0.5) is 0 Å². The van der Waals surface area contributed by atoms with Gasteiger partial charge in [-0.05, 0) is 18.6 Å². The fourth-order valence-electron chi connectivity index (χ4n) is 1.38. The number of carboxylic acid groups (broad SMARTS) is 1. The van der Waals surface area contributed by atoms with E-state index < -0.39 is 5.97 Å². The van der Waals surface area contributed by atoms with Gasteiger partial charge in [0.15, 0.2) is 0 Å². The quantitative estimate of drug-likeness (QED) is 0.875. The lowest BCUT2D eigenvalue weighted by molar-refractivity contribution is -0.140. The molecule has 0 fully saturated rings. The zero-order chi connectivity index (χ0) is 12.1. The molecule has 4 heteroatoms. The summed E-state index contributed by atoms with van der Waals surface area (Å²) in [6.07, 6.45) is 0. The molecule has 0 amide bonds. The summed E-state index contributed by atoms with van der Waals surface area (Å²) < 4.78 is 1.04. The fraction of sp³-hybridized carbons (Fsp3) is 0.417. The van der Waals surface area contributed by atoms with Crippen molar-refractivity contribution in [1.29, 1.82) is 0 Å². The molecule has 0 spiro atoms. The molecule has 0 saturated heterocycles. The van der Waals surface area contributed by atoms with E-state index in [2.05, 4.69) is 21.2 Å². The van der Waals surface area contributed by atoms with Crippen molar-refractivity contribution in [2.45, 2.75) is 19.9 Å². The molecule has 1 aromatic rings. The summed E-state index contributed by atoms with van der Waals surface area (Å²) in [5, 5.41) is 12.0. The summed E-state index contributed by atoms with van der Waals surface area (Å²) in [5.41, 5.74) is 1.14. The first-order chi connectivity index (χ1) is 7.52. The number of hydrogen-bond donors (Lipinski definition) is 2. The van der Waals surface area contributed by atoms with Crippen LogP contribution in [0, 0.1) is 5.92 Å². The highest BCUT2D eigenvalue weighted by atomic mass is 79.9. The van der Waals surface area contributed by atoms with E-state index in [1.807, 2.05) is 31.2 Å². The van der Waals surface area contributed by atoms with Crippen LogP contribution in [0.25, 0.3) is 0 Å². The summed E-state index contributed by atoms with van der Waals surface area (Å²) in [6.45, 7) is 4.19. The Bertz CT molecular complexity index is 368. The van der Waals surface area contributed by atoms with Crippen LogP contribution in [0.2, 0.25) is 0 Å². The minimum atomic E-state index is -0.771. The van der Waals surface area contributed by atoms with E-state index >= 15 is 0 Å². The fourth-order valence-corrected chi connectivity index (χ4v) is 2.01. The van der Waals surface area contributed by atoms with Crippen molar-refractivity contribution in [1.82, 2.24) is 5.32 Å². The Labute approximate surface area is 104 Å². The highest BCUT2D eigenvalue weighted by Crippen LogP contribution is 2.22. The van der Waals surface area contributed by atoms with Crippen LogP contribution < -0.4 is 5.32 Å². The second-order valence-electron chi connectivity index (χ2n) is 3.89. The minimum absolute atomic E-state index is 0.136. The Balaban J connectivity index is 2.56. The monoisotopic (exact) mass is 285 g/mol. The van der Waals surface area contributed by atoms with Crippen molar-refractivity contribution < 1.29 is 9.90 Å². The van der Waals surface area contributed by atoms with Gasteiger partial charge in [0.1, 0.15) is 0 Å². The first-order valence-corrected chi connectivity index (χ1v) is 6.02. The van der Waals surface area contributed by atoms with Gasteiger partial charge in [-0.25, -0.2) is 0 Å². The number of carboxylic acids is 1. The third-order valence-corrected chi connectivity index (χ3v) is 3.25. The van der Waals surface area contributed by atoms with Crippen LogP contribution in [0.5, 0.6) is 0 Å². The van der Waals surface area contributed by atoms with E-state index in [0.717, 1.165) is 10.0 Å². The van der Waals surface area contributed by atoms with E-state index in [1.165, 1.54) is 0 Å². The summed E-state index contributed by atoms with van der Waals surface area (Å²) in [6, 6.07) is 8.07. The highest BCUT2D eigenvalue weighted by molar-refractivity contribution is 9.10. The average molecular weight is 286 g/mol. The third kappa shape index (κ3) is 3.61. The lowest BCUT2D eigenvalue weighted by Gasteiger charge is -2.17. The van der Waals surface area contributed by atoms with Gasteiger partial charge in [0.25, 0.3) is 0 Å².